The van der Waals surface area contributed by atoms with E-state index in [4.69, 9.17) is 5.73 Å². The second-order valence-electron chi connectivity index (χ2n) is 3.29. The number of halogens is 1. The van der Waals surface area contributed by atoms with Crippen LogP contribution < -0.4 is 5.73 Å². The molecule has 0 aliphatic heterocycles. The Morgan fingerprint density at radius 3 is 2.79 bits per heavy atom. The van der Waals surface area contributed by atoms with Crippen molar-refractivity contribution < 1.29 is 4.39 Å². The zero-order chi connectivity index (χ0) is 10.1. The van der Waals surface area contributed by atoms with Crippen molar-refractivity contribution in [3.05, 3.63) is 35.8 Å². The second-order valence-corrected chi connectivity index (χ2v) is 3.29. The average Bonchev–Trinajstić information content (AvgIpc) is 2.54. The van der Waals surface area contributed by atoms with E-state index in [-0.39, 0.29) is 5.82 Å². The summed E-state index contributed by atoms with van der Waals surface area (Å²) in [7, 11) is 0. The Morgan fingerprint density at radius 1 is 1.36 bits per heavy atom. The molecule has 2 nitrogen and oxygen atoms in total. The van der Waals surface area contributed by atoms with Crippen LogP contribution in [0.1, 0.15) is 12.6 Å². The Kier molecular flexibility index (Phi) is 2.25. The maximum Gasteiger partial charge on any atom is 0.125 e. The number of rotatable bonds is 2. The Hall–Kier alpha value is -1.35. The van der Waals surface area contributed by atoms with Crippen LogP contribution in [0.15, 0.2) is 24.3 Å². The molecule has 0 unspecified atom stereocenters. The first-order valence-corrected chi connectivity index (χ1v) is 4.74. The van der Waals surface area contributed by atoms with E-state index < -0.39 is 0 Å². The number of nitrogens with two attached hydrogens (primary N) is 1. The van der Waals surface area contributed by atoms with Crippen LogP contribution in [0.3, 0.4) is 0 Å². The van der Waals surface area contributed by atoms with Crippen LogP contribution in [0, 0.1) is 5.82 Å². The zero-order valence-electron chi connectivity index (χ0n) is 8.13. The summed E-state index contributed by atoms with van der Waals surface area (Å²) in [4.78, 5) is 0. The molecule has 0 saturated carbocycles. The molecule has 74 valence electrons. The summed E-state index contributed by atoms with van der Waals surface area (Å²) in [5.41, 5.74) is 7.59. The number of hydrogen-bond acceptors (Lipinski definition) is 1. The molecule has 0 aliphatic rings. The molecule has 0 fully saturated rings. The lowest BCUT2D eigenvalue weighted by Gasteiger charge is -2.05. The first-order valence-electron chi connectivity index (χ1n) is 4.74. The third-order valence-electron chi connectivity index (χ3n) is 2.48. The van der Waals surface area contributed by atoms with E-state index in [0.29, 0.717) is 6.54 Å². The van der Waals surface area contributed by atoms with Gasteiger partial charge >= 0.3 is 0 Å². The number of aromatic nitrogens is 1. The largest absolute Gasteiger partial charge is 0.344 e. The summed E-state index contributed by atoms with van der Waals surface area (Å²) in [5.74, 6) is -0.200. The topological polar surface area (TPSA) is 30.9 Å². The van der Waals surface area contributed by atoms with Gasteiger partial charge in [0, 0.05) is 24.2 Å². The maximum atomic E-state index is 13.0. The van der Waals surface area contributed by atoms with Gasteiger partial charge in [0.25, 0.3) is 0 Å². The molecule has 3 heteroatoms. The Balaban J connectivity index is 2.74. The summed E-state index contributed by atoms with van der Waals surface area (Å²) in [6.45, 7) is 3.34. The van der Waals surface area contributed by atoms with Gasteiger partial charge in [-0.2, -0.15) is 0 Å². The second kappa shape index (κ2) is 3.42. The number of nitrogens with zero attached hydrogens (tertiary/aromatic N) is 1. The molecule has 2 N–H and O–H groups in total. The van der Waals surface area contributed by atoms with Gasteiger partial charge < -0.3 is 10.3 Å². The highest BCUT2D eigenvalue weighted by Crippen LogP contribution is 2.20. The molecular formula is C11H13FN2. The number of hydrogen-bond donors (Lipinski definition) is 1. The fraction of sp³-hybridized carbons (Fsp3) is 0.273. The Labute approximate surface area is 82.1 Å². The lowest BCUT2D eigenvalue weighted by atomic mass is 10.2. The van der Waals surface area contributed by atoms with Crippen LogP contribution in [0.5, 0.6) is 0 Å². The molecule has 0 radical (unpaired) electrons. The van der Waals surface area contributed by atoms with Crippen LogP contribution >= 0.6 is 0 Å². The van der Waals surface area contributed by atoms with Crippen molar-refractivity contribution >= 4 is 10.9 Å². The van der Waals surface area contributed by atoms with Crippen LogP contribution in [-0.2, 0) is 13.1 Å². The van der Waals surface area contributed by atoms with Crippen molar-refractivity contribution in [1.82, 2.24) is 4.57 Å². The van der Waals surface area contributed by atoms with Gasteiger partial charge in [-0.05, 0) is 31.2 Å². The SMILES string of the molecule is CCn1c(CN)cc2ccc(F)cc21. The van der Waals surface area contributed by atoms with Gasteiger partial charge in [0.05, 0.1) is 5.52 Å². The lowest BCUT2D eigenvalue weighted by Crippen LogP contribution is -2.05. The van der Waals surface area contributed by atoms with E-state index in [2.05, 4.69) is 0 Å². The number of aryl methyl sites for hydroxylation is 1. The summed E-state index contributed by atoms with van der Waals surface area (Å²) < 4.78 is 15.1. The average molecular weight is 192 g/mol. The van der Waals surface area contributed by atoms with E-state index in [9.17, 15) is 4.39 Å². The molecule has 1 aromatic carbocycles. The molecule has 0 amide bonds. The van der Waals surface area contributed by atoms with E-state index in [1.54, 1.807) is 12.1 Å². The quantitative estimate of drug-likeness (QED) is 0.777. The summed E-state index contributed by atoms with van der Waals surface area (Å²) >= 11 is 0. The molecule has 1 aromatic heterocycles. The van der Waals surface area contributed by atoms with E-state index in [0.717, 1.165) is 23.1 Å². The Bertz CT molecular complexity index is 460. The highest BCUT2D eigenvalue weighted by molar-refractivity contribution is 5.81. The predicted octanol–water partition coefficient (Wildman–Crippen LogP) is 2.26. The standard InChI is InChI=1S/C11H13FN2/c1-2-14-10(7-13)5-8-3-4-9(12)6-11(8)14/h3-6H,2,7,13H2,1H3. The van der Waals surface area contributed by atoms with E-state index in [1.807, 2.05) is 17.6 Å². The highest BCUT2D eigenvalue weighted by atomic mass is 19.1. The minimum atomic E-state index is -0.200. The van der Waals surface area contributed by atoms with Gasteiger partial charge in [-0.1, -0.05) is 0 Å². The fourth-order valence-corrected chi connectivity index (χ4v) is 1.83. The van der Waals surface area contributed by atoms with Gasteiger partial charge in [-0.3, -0.25) is 0 Å². The summed E-state index contributed by atoms with van der Waals surface area (Å²) in [6.07, 6.45) is 0. The smallest absolute Gasteiger partial charge is 0.125 e. The van der Waals surface area contributed by atoms with Crippen molar-refractivity contribution in [2.45, 2.75) is 20.0 Å². The lowest BCUT2D eigenvalue weighted by molar-refractivity contribution is 0.627. The summed E-state index contributed by atoms with van der Waals surface area (Å²) in [6, 6.07) is 6.83. The Morgan fingerprint density at radius 2 is 2.14 bits per heavy atom. The van der Waals surface area contributed by atoms with Gasteiger partial charge in [0.2, 0.25) is 0 Å². The molecule has 0 atom stereocenters. The number of benzene rings is 1. The molecule has 1 heterocycles. The fourth-order valence-electron chi connectivity index (χ4n) is 1.83. The molecule has 0 spiro atoms. The van der Waals surface area contributed by atoms with Crippen LogP contribution in [0.25, 0.3) is 10.9 Å². The zero-order valence-corrected chi connectivity index (χ0v) is 8.13. The van der Waals surface area contributed by atoms with Gasteiger partial charge in [0.15, 0.2) is 0 Å². The third-order valence-corrected chi connectivity index (χ3v) is 2.48. The third kappa shape index (κ3) is 1.30. The van der Waals surface area contributed by atoms with Gasteiger partial charge in [-0.25, -0.2) is 4.39 Å². The molecule has 0 aliphatic carbocycles. The van der Waals surface area contributed by atoms with Crippen LogP contribution in [-0.4, -0.2) is 4.57 Å². The highest BCUT2D eigenvalue weighted by Gasteiger charge is 2.06. The molecule has 14 heavy (non-hydrogen) atoms. The first kappa shape index (κ1) is 9.21. The van der Waals surface area contributed by atoms with Crippen molar-refractivity contribution in [2.24, 2.45) is 5.73 Å². The van der Waals surface area contributed by atoms with Crippen molar-refractivity contribution in [1.29, 1.82) is 0 Å². The number of fused-ring (bicyclic) bond motifs is 1. The minimum Gasteiger partial charge on any atom is -0.344 e. The van der Waals surface area contributed by atoms with Crippen LogP contribution in [0.4, 0.5) is 4.39 Å². The predicted molar refractivity (Wildman–Crippen MR) is 55.5 cm³/mol. The molecule has 0 saturated heterocycles. The van der Waals surface area contributed by atoms with Crippen molar-refractivity contribution in [3.8, 4) is 0 Å². The maximum absolute atomic E-state index is 13.0. The monoisotopic (exact) mass is 192 g/mol. The minimum absolute atomic E-state index is 0.200. The van der Waals surface area contributed by atoms with Crippen LogP contribution in [0.2, 0.25) is 0 Å². The van der Waals surface area contributed by atoms with E-state index in [1.165, 1.54) is 6.07 Å². The van der Waals surface area contributed by atoms with Crippen molar-refractivity contribution in [2.75, 3.05) is 0 Å². The van der Waals surface area contributed by atoms with Gasteiger partial charge in [0.1, 0.15) is 5.82 Å². The van der Waals surface area contributed by atoms with Crippen molar-refractivity contribution in [3.63, 3.8) is 0 Å². The summed E-state index contributed by atoms with van der Waals surface area (Å²) in [5, 5.41) is 1.05. The molecule has 0 bridgehead atoms. The van der Waals surface area contributed by atoms with Gasteiger partial charge in [-0.15, -0.1) is 0 Å². The van der Waals surface area contributed by atoms with E-state index >= 15 is 0 Å². The molecular weight excluding hydrogens is 179 g/mol. The normalized spacial score (nSPS) is 11.1. The molecule has 2 rings (SSSR count). The molecule has 2 aromatic rings. The first-order chi connectivity index (χ1) is 6.76.